The van der Waals surface area contributed by atoms with Crippen molar-refractivity contribution in [2.24, 2.45) is 0 Å². The molecular weight excluding hydrogens is 236 g/mol. The first-order chi connectivity index (χ1) is 9.33. The van der Waals surface area contributed by atoms with Crippen molar-refractivity contribution in [2.75, 3.05) is 19.6 Å². The number of aromatic nitrogens is 2. The van der Waals surface area contributed by atoms with Crippen LogP contribution in [0.25, 0.3) is 5.69 Å². The predicted molar refractivity (Wildman–Crippen MR) is 76.3 cm³/mol. The molecule has 3 rings (SSSR count). The molecule has 1 aliphatic rings. The highest BCUT2D eigenvalue weighted by atomic mass is 15.3. The van der Waals surface area contributed by atoms with E-state index in [1.165, 1.54) is 5.69 Å². The van der Waals surface area contributed by atoms with E-state index in [-0.39, 0.29) is 0 Å². The van der Waals surface area contributed by atoms with Crippen LogP contribution in [-0.4, -0.2) is 40.4 Å². The molecule has 0 aliphatic carbocycles. The van der Waals surface area contributed by atoms with Crippen molar-refractivity contribution in [3.05, 3.63) is 48.3 Å². The van der Waals surface area contributed by atoms with Crippen molar-refractivity contribution in [2.45, 2.75) is 19.5 Å². The SMILES string of the molecule is CC1CN(Cc2ccnn2-c2ccccc2)CCN1. The van der Waals surface area contributed by atoms with Crippen molar-refractivity contribution in [3.63, 3.8) is 0 Å². The van der Waals surface area contributed by atoms with Gasteiger partial charge in [0.25, 0.3) is 0 Å². The zero-order valence-corrected chi connectivity index (χ0v) is 11.3. The highest BCUT2D eigenvalue weighted by molar-refractivity contribution is 5.32. The van der Waals surface area contributed by atoms with Crippen molar-refractivity contribution >= 4 is 0 Å². The fraction of sp³-hybridized carbons (Fsp3) is 0.400. The monoisotopic (exact) mass is 256 g/mol. The summed E-state index contributed by atoms with van der Waals surface area (Å²) in [6.45, 7) is 6.46. The molecule has 1 aromatic carbocycles. The number of nitrogens with one attached hydrogen (secondary N) is 1. The Labute approximate surface area is 114 Å². The number of rotatable bonds is 3. The maximum absolute atomic E-state index is 4.45. The van der Waals surface area contributed by atoms with Crippen LogP contribution in [0.1, 0.15) is 12.6 Å². The van der Waals surface area contributed by atoms with E-state index in [0.717, 1.165) is 31.9 Å². The van der Waals surface area contributed by atoms with Gasteiger partial charge in [-0.1, -0.05) is 18.2 Å². The number of hydrogen-bond acceptors (Lipinski definition) is 3. The maximum atomic E-state index is 4.45. The van der Waals surface area contributed by atoms with Gasteiger partial charge in [0.2, 0.25) is 0 Å². The van der Waals surface area contributed by atoms with Gasteiger partial charge in [-0.05, 0) is 25.1 Å². The molecule has 4 nitrogen and oxygen atoms in total. The summed E-state index contributed by atoms with van der Waals surface area (Å²) in [5.74, 6) is 0. The molecule has 2 heterocycles. The Kier molecular flexibility index (Phi) is 3.62. The van der Waals surface area contributed by atoms with Crippen LogP contribution in [0.2, 0.25) is 0 Å². The first-order valence-corrected chi connectivity index (χ1v) is 6.87. The lowest BCUT2D eigenvalue weighted by molar-refractivity contribution is 0.196. The summed E-state index contributed by atoms with van der Waals surface area (Å²) in [4.78, 5) is 2.48. The molecule has 2 aromatic rings. The molecule has 1 unspecified atom stereocenters. The van der Waals surface area contributed by atoms with E-state index >= 15 is 0 Å². The minimum Gasteiger partial charge on any atom is -0.312 e. The maximum Gasteiger partial charge on any atom is 0.0649 e. The van der Waals surface area contributed by atoms with Gasteiger partial charge in [-0.3, -0.25) is 4.90 Å². The molecule has 0 bridgehead atoms. The molecule has 1 atom stereocenters. The summed E-state index contributed by atoms with van der Waals surface area (Å²) in [6.07, 6.45) is 1.88. The van der Waals surface area contributed by atoms with Crippen LogP contribution in [0, 0.1) is 0 Å². The Hall–Kier alpha value is -1.65. The van der Waals surface area contributed by atoms with Crippen LogP contribution in [0.3, 0.4) is 0 Å². The molecule has 1 aromatic heterocycles. The average molecular weight is 256 g/mol. The topological polar surface area (TPSA) is 33.1 Å². The largest absolute Gasteiger partial charge is 0.312 e. The molecule has 1 fully saturated rings. The normalized spacial score (nSPS) is 20.6. The molecule has 1 aliphatic heterocycles. The molecule has 0 amide bonds. The van der Waals surface area contributed by atoms with Gasteiger partial charge in [-0.25, -0.2) is 4.68 Å². The lowest BCUT2D eigenvalue weighted by atomic mass is 10.2. The lowest BCUT2D eigenvalue weighted by Crippen LogP contribution is -2.48. The van der Waals surface area contributed by atoms with Gasteiger partial charge in [0.05, 0.1) is 11.4 Å². The summed E-state index contributed by atoms with van der Waals surface area (Å²) in [5.41, 5.74) is 2.38. The number of benzene rings is 1. The molecular formula is C15H20N4. The van der Waals surface area contributed by atoms with Crippen LogP contribution in [-0.2, 0) is 6.54 Å². The minimum absolute atomic E-state index is 0.571. The Morgan fingerprint density at radius 1 is 1.26 bits per heavy atom. The van der Waals surface area contributed by atoms with Gasteiger partial charge >= 0.3 is 0 Å². The zero-order valence-electron chi connectivity index (χ0n) is 11.3. The van der Waals surface area contributed by atoms with Crippen molar-refractivity contribution < 1.29 is 0 Å². The quantitative estimate of drug-likeness (QED) is 0.907. The van der Waals surface area contributed by atoms with Crippen molar-refractivity contribution in [1.82, 2.24) is 20.0 Å². The highest BCUT2D eigenvalue weighted by Gasteiger charge is 2.17. The van der Waals surface area contributed by atoms with E-state index < -0.39 is 0 Å². The molecule has 0 radical (unpaired) electrons. The van der Waals surface area contributed by atoms with Crippen LogP contribution in [0.4, 0.5) is 0 Å². The van der Waals surface area contributed by atoms with E-state index in [0.29, 0.717) is 6.04 Å². The van der Waals surface area contributed by atoms with E-state index in [9.17, 15) is 0 Å². The zero-order chi connectivity index (χ0) is 13.1. The molecule has 1 saturated heterocycles. The Balaban J connectivity index is 1.77. The average Bonchev–Trinajstić information content (AvgIpc) is 2.88. The third-order valence-electron chi connectivity index (χ3n) is 3.56. The summed E-state index contributed by atoms with van der Waals surface area (Å²) in [6, 6.07) is 13.0. The second kappa shape index (κ2) is 5.55. The highest BCUT2D eigenvalue weighted by Crippen LogP contribution is 2.13. The Bertz CT molecular complexity index is 520. The third kappa shape index (κ3) is 2.85. The molecule has 100 valence electrons. The first-order valence-electron chi connectivity index (χ1n) is 6.87. The van der Waals surface area contributed by atoms with Crippen LogP contribution in [0.5, 0.6) is 0 Å². The second-order valence-electron chi connectivity index (χ2n) is 5.16. The Morgan fingerprint density at radius 3 is 2.89 bits per heavy atom. The number of piperazine rings is 1. The van der Waals surface area contributed by atoms with E-state index in [2.05, 4.69) is 40.4 Å². The summed E-state index contributed by atoms with van der Waals surface area (Å²) >= 11 is 0. The van der Waals surface area contributed by atoms with Gasteiger partial charge in [0.1, 0.15) is 0 Å². The van der Waals surface area contributed by atoms with Gasteiger partial charge in [0, 0.05) is 38.4 Å². The lowest BCUT2D eigenvalue weighted by Gasteiger charge is -2.31. The molecule has 4 heteroatoms. The Morgan fingerprint density at radius 2 is 2.11 bits per heavy atom. The molecule has 1 N–H and O–H groups in total. The molecule has 0 spiro atoms. The number of nitrogens with zero attached hydrogens (tertiary/aromatic N) is 3. The fourth-order valence-electron chi connectivity index (χ4n) is 2.64. The van der Waals surface area contributed by atoms with Gasteiger partial charge in [-0.15, -0.1) is 0 Å². The van der Waals surface area contributed by atoms with E-state index in [1.807, 2.05) is 29.1 Å². The van der Waals surface area contributed by atoms with E-state index in [1.54, 1.807) is 0 Å². The first kappa shape index (κ1) is 12.4. The standard InChI is InChI=1S/C15H20N4/c1-13-11-18(10-9-16-13)12-15-7-8-17-19(15)14-5-3-2-4-6-14/h2-8,13,16H,9-12H2,1H3. The molecule has 0 saturated carbocycles. The summed E-state index contributed by atoms with van der Waals surface area (Å²) < 4.78 is 2.03. The van der Waals surface area contributed by atoms with Gasteiger partial charge in [-0.2, -0.15) is 5.10 Å². The summed E-state index contributed by atoms with van der Waals surface area (Å²) in [5, 5.41) is 7.92. The van der Waals surface area contributed by atoms with Crippen LogP contribution in [0.15, 0.2) is 42.6 Å². The smallest absolute Gasteiger partial charge is 0.0649 e. The molecule has 19 heavy (non-hydrogen) atoms. The number of hydrogen-bond donors (Lipinski definition) is 1. The van der Waals surface area contributed by atoms with Crippen LogP contribution < -0.4 is 5.32 Å². The van der Waals surface area contributed by atoms with E-state index in [4.69, 9.17) is 0 Å². The predicted octanol–water partition coefficient (Wildman–Crippen LogP) is 1.67. The minimum atomic E-state index is 0.571. The van der Waals surface area contributed by atoms with Crippen LogP contribution >= 0.6 is 0 Å². The summed E-state index contributed by atoms with van der Waals surface area (Å²) in [7, 11) is 0. The van der Waals surface area contributed by atoms with Crippen molar-refractivity contribution in [1.29, 1.82) is 0 Å². The number of para-hydroxylation sites is 1. The third-order valence-corrected chi connectivity index (χ3v) is 3.56. The van der Waals surface area contributed by atoms with Crippen molar-refractivity contribution in [3.8, 4) is 5.69 Å². The van der Waals surface area contributed by atoms with Gasteiger partial charge < -0.3 is 5.32 Å². The second-order valence-corrected chi connectivity index (χ2v) is 5.16. The van der Waals surface area contributed by atoms with Gasteiger partial charge in [0.15, 0.2) is 0 Å². The fourth-order valence-corrected chi connectivity index (χ4v) is 2.64.